The normalized spacial score (nSPS) is 34.0. The smallest absolute Gasteiger partial charge is 0.200 e. The van der Waals surface area contributed by atoms with Crippen molar-refractivity contribution in [2.75, 3.05) is 6.61 Å². The summed E-state index contributed by atoms with van der Waals surface area (Å²) in [6.45, 7) is 4.32. The van der Waals surface area contributed by atoms with Gasteiger partial charge in [0.15, 0.2) is 17.9 Å². The van der Waals surface area contributed by atoms with Gasteiger partial charge in [0.1, 0.15) is 0 Å². The third-order valence-corrected chi connectivity index (χ3v) is 9.33. The molecule has 1 heterocycles. The van der Waals surface area contributed by atoms with E-state index in [1.807, 2.05) is 0 Å². The van der Waals surface area contributed by atoms with Gasteiger partial charge in [-0.15, -0.1) is 0 Å². The molecule has 3 atom stereocenters. The molecule has 0 bridgehead atoms. The second-order valence-corrected chi connectivity index (χ2v) is 11.4. The van der Waals surface area contributed by atoms with Crippen molar-refractivity contribution in [2.45, 2.75) is 122 Å². The molecule has 0 aromatic heterocycles. The largest absolute Gasteiger partial charge is 0.491 e. The Morgan fingerprint density at radius 2 is 1.49 bits per heavy atom. The molecule has 1 N–H and O–H groups in total. The number of hydrogen-bond acceptors (Lipinski definition) is 3. The van der Waals surface area contributed by atoms with E-state index in [1.165, 1.54) is 44.9 Å². The molecule has 1 aromatic rings. The number of ether oxygens (including phenoxy) is 2. The average Bonchev–Trinajstić information content (AvgIpc) is 2.88. The van der Waals surface area contributed by atoms with Crippen LogP contribution < -0.4 is 4.74 Å². The van der Waals surface area contributed by atoms with Crippen LogP contribution in [0, 0.1) is 35.3 Å². The van der Waals surface area contributed by atoms with Crippen molar-refractivity contribution in [3.8, 4) is 5.75 Å². The van der Waals surface area contributed by atoms with E-state index in [-0.39, 0.29) is 17.8 Å². The maximum absolute atomic E-state index is 14.7. The average molecular weight is 493 g/mol. The lowest BCUT2D eigenvalue weighted by atomic mass is 9.66. The van der Waals surface area contributed by atoms with Crippen LogP contribution in [0.4, 0.5) is 8.78 Å². The van der Waals surface area contributed by atoms with Gasteiger partial charge in [-0.1, -0.05) is 32.3 Å². The van der Waals surface area contributed by atoms with E-state index >= 15 is 0 Å². The van der Waals surface area contributed by atoms with Crippen LogP contribution in [0.2, 0.25) is 0 Å². The minimum absolute atomic E-state index is 0.0136. The highest BCUT2D eigenvalue weighted by Gasteiger charge is 2.39. The molecule has 1 aliphatic heterocycles. The molecule has 3 unspecified atom stereocenters. The lowest BCUT2D eigenvalue weighted by Crippen LogP contribution is -2.40. The van der Waals surface area contributed by atoms with Gasteiger partial charge >= 0.3 is 0 Å². The van der Waals surface area contributed by atoms with Gasteiger partial charge in [-0.3, -0.25) is 0 Å². The molecule has 3 nitrogen and oxygen atoms in total. The third-order valence-electron chi connectivity index (χ3n) is 9.33. The Hall–Kier alpha value is -1.20. The first kappa shape index (κ1) is 26.9. The van der Waals surface area contributed by atoms with Gasteiger partial charge < -0.3 is 14.6 Å². The minimum atomic E-state index is -0.842. The highest BCUT2D eigenvalue weighted by atomic mass is 19.2. The fourth-order valence-corrected chi connectivity index (χ4v) is 7.27. The van der Waals surface area contributed by atoms with Gasteiger partial charge in [-0.2, -0.15) is 4.39 Å². The Balaban J connectivity index is 1.22. The summed E-state index contributed by atoms with van der Waals surface area (Å²) in [5.41, 5.74) is 0.521. The Morgan fingerprint density at radius 3 is 2.11 bits per heavy atom. The lowest BCUT2D eigenvalue weighted by molar-refractivity contribution is -0.208. The van der Waals surface area contributed by atoms with E-state index in [0.29, 0.717) is 29.9 Å². The van der Waals surface area contributed by atoms with Gasteiger partial charge in [0.05, 0.1) is 12.7 Å². The Labute approximate surface area is 211 Å². The lowest BCUT2D eigenvalue weighted by Gasteiger charge is -2.43. The van der Waals surface area contributed by atoms with Crippen molar-refractivity contribution in [1.82, 2.24) is 0 Å². The topological polar surface area (TPSA) is 38.7 Å². The first-order chi connectivity index (χ1) is 17.0. The van der Waals surface area contributed by atoms with Gasteiger partial charge in [0, 0.05) is 5.92 Å². The molecule has 0 spiro atoms. The number of rotatable bonds is 9. The van der Waals surface area contributed by atoms with Crippen molar-refractivity contribution < 1.29 is 23.4 Å². The van der Waals surface area contributed by atoms with Crippen molar-refractivity contribution in [1.29, 1.82) is 0 Å². The summed E-state index contributed by atoms with van der Waals surface area (Å²) in [6, 6.07) is 3.31. The molecule has 198 valence electrons. The quantitative estimate of drug-likeness (QED) is 0.354. The number of benzene rings is 1. The molecule has 3 fully saturated rings. The summed E-state index contributed by atoms with van der Waals surface area (Å²) in [4.78, 5) is 0. The second kappa shape index (κ2) is 12.9. The Kier molecular flexibility index (Phi) is 9.86. The fourth-order valence-electron chi connectivity index (χ4n) is 7.27. The molecule has 35 heavy (non-hydrogen) atoms. The summed E-state index contributed by atoms with van der Waals surface area (Å²) >= 11 is 0. The maximum Gasteiger partial charge on any atom is 0.200 e. The minimum Gasteiger partial charge on any atom is -0.491 e. The van der Waals surface area contributed by atoms with Crippen LogP contribution in [0.25, 0.3) is 0 Å². The molecule has 3 aliphatic rings. The molecule has 1 saturated heterocycles. The summed E-state index contributed by atoms with van der Waals surface area (Å²) in [5, 5.41) is 10.7. The molecule has 0 radical (unpaired) electrons. The van der Waals surface area contributed by atoms with Crippen molar-refractivity contribution in [2.24, 2.45) is 23.7 Å². The Bertz CT molecular complexity index is 784. The highest BCUT2D eigenvalue weighted by molar-refractivity contribution is 5.33. The zero-order chi connectivity index (χ0) is 24.8. The first-order valence-electron chi connectivity index (χ1n) is 14.5. The third kappa shape index (κ3) is 6.57. The highest BCUT2D eigenvalue weighted by Crippen LogP contribution is 2.47. The molecule has 0 amide bonds. The zero-order valence-electron chi connectivity index (χ0n) is 21.8. The van der Waals surface area contributed by atoms with Crippen LogP contribution in [0.15, 0.2) is 12.1 Å². The summed E-state index contributed by atoms with van der Waals surface area (Å²) < 4.78 is 40.3. The number of aliphatic hydroxyl groups excluding tert-OH is 1. The predicted octanol–water partition coefficient (Wildman–Crippen LogP) is 8.14. The Morgan fingerprint density at radius 1 is 0.829 bits per heavy atom. The van der Waals surface area contributed by atoms with Crippen molar-refractivity contribution in [3.05, 3.63) is 29.3 Å². The molecule has 4 rings (SSSR count). The molecular weight excluding hydrogens is 446 g/mol. The zero-order valence-corrected chi connectivity index (χ0v) is 21.8. The molecule has 2 aliphatic carbocycles. The maximum atomic E-state index is 14.7. The van der Waals surface area contributed by atoms with E-state index in [1.54, 1.807) is 19.1 Å². The van der Waals surface area contributed by atoms with Crippen LogP contribution in [0.3, 0.4) is 0 Å². The van der Waals surface area contributed by atoms with E-state index < -0.39 is 17.9 Å². The van der Waals surface area contributed by atoms with E-state index in [0.717, 1.165) is 50.9 Å². The van der Waals surface area contributed by atoms with Crippen molar-refractivity contribution in [3.63, 3.8) is 0 Å². The standard InChI is InChI=1S/C30H46F2O3/c1-3-5-6-7-24-16-17-26(30(33)35-24)23-14-10-21(11-15-23)20-8-12-22(13-9-20)25-18-19-27(34-4-2)29(32)28(25)31/h18-24,26,30,33H,3-17H2,1-2H3. The van der Waals surface area contributed by atoms with Crippen LogP contribution in [0.5, 0.6) is 5.75 Å². The van der Waals surface area contributed by atoms with E-state index in [2.05, 4.69) is 6.92 Å². The van der Waals surface area contributed by atoms with Crippen molar-refractivity contribution >= 4 is 0 Å². The van der Waals surface area contributed by atoms with Gasteiger partial charge in [-0.05, 0) is 113 Å². The predicted molar refractivity (Wildman–Crippen MR) is 135 cm³/mol. The summed E-state index contributed by atoms with van der Waals surface area (Å²) in [5.74, 6) is 0.858. The number of unbranched alkanes of at least 4 members (excludes halogenated alkanes) is 2. The number of hydrogen-bond donors (Lipinski definition) is 1. The number of aliphatic hydroxyl groups is 1. The molecule has 2 saturated carbocycles. The van der Waals surface area contributed by atoms with Crippen LogP contribution in [0.1, 0.15) is 115 Å². The summed E-state index contributed by atoms with van der Waals surface area (Å²) in [7, 11) is 0. The fraction of sp³-hybridized carbons (Fsp3) is 0.800. The monoisotopic (exact) mass is 492 g/mol. The number of halogens is 2. The second-order valence-electron chi connectivity index (χ2n) is 11.4. The van der Waals surface area contributed by atoms with Gasteiger partial charge in [0.25, 0.3) is 0 Å². The molecule has 1 aromatic carbocycles. The van der Waals surface area contributed by atoms with E-state index in [9.17, 15) is 13.9 Å². The van der Waals surface area contributed by atoms with Gasteiger partial charge in [-0.25, -0.2) is 4.39 Å². The van der Waals surface area contributed by atoms with Crippen LogP contribution in [-0.2, 0) is 4.74 Å². The van der Waals surface area contributed by atoms with Crippen LogP contribution in [-0.4, -0.2) is 24.1 Å². The van der Waals surface area contributed by atoms with Crippen LogP contribution >= 0.6 is 0 Å². The molecular formula is C30H46F2O3. The first-order valence-corrected chi connectivity index (χ1v) is 14.5. The van der Waals surface area contributed by atoms with Gasteiger partial charge in [0.2, 0.25) is 5.82 Å². The van der Waals surface area contributed by atoms with E-state index in [4.69, 9.17) is 9.47 Å². The summed E-state index contributed by atoms with van der Waals surface area (Å²) in [6.07, 6.45) is 15.5. The molecule has 5 heteroatoms. The SMILES string of the molecule is CCCCCC1CCC(C2CCC(C3CCC(c4ccc(OCC)c(F)c4F)CC3)CC2)C(O)O1.